The Morgan fingerprint density at radius 3 is 2.39 bits per heavy atom. The third-order valence-electron chi connectivity index (χ3n) is 5.05. The zero-order chi connectivity index (χ0) is 22.9. The Labute approximate surface area is 178 Å². The Bertz CT molecular complexity index is 1030. The van der Waals surface area contributed by atoms with Gasteiger partial charge in [-0.15, -0.1) is 0 Å². The van der Waals surface area contributed by atoms with Crippen LogP contribution in [0.25, 0.3) is 11.2 Å². The van der Waals surface area contributed by atoms with Gasteiger partial charge in [0.1, 0.15) is 12.0 Å². The van der Waals surface area contributed by atoms with Crippen LogP contribution in [-0.2, 0) is 6.18 Å². The first-order valence-electron chi connectivity index (χ1n) is 9.99. The van der Waals surface area contributed by atoms with Crippen molar-refractivity contribution >= 4 is 28.6 Å². The molecule has 0 aliphatic rings. The minimum Gasteiger partial charge on any atom is -0.391 e. The number of aliphatic hydroxyl groups excluding tert-OH is 1. The Kier molecular flexibility index (Phi) is 6.35. The highest BCUT2D eigenvalue weighted by Crippen LogP contribution is 2.33. The van der Waals surface area contributed by atoms with E-state index in [2.05, 4.69) is 25.3 Å². The normalized spacial score (nSPS) is 14.1. The van der Waals surface area contributed by atoms with E-state index in [0.717, 1.165) is 12.3 Å². The number of pyridine rings is 1. The van der Waals surface area contributed by atoms with E-state index in [1.807, 2.05) is 25.3 Å². The largest absolute Gasteiger partial charge is 0.433 e. The maximum Gasteiger partial charge on any atom is 0.433 e. The van der Waals surface area contributed by atoms with E-state index in [0.29, 0.717) is 35.0 Å². The van der Waals surface area contributed by atoms with Crippen LogP contribution in [0.2, 0.25) is 0 Å². The molecule has 3 rings (SSSR count). The third-order valence-corrected chi connectivity index (χ3v) is 5.05. The number of fused-ring (bicyclic) bond motifs is 1. The first kappa shape index (κ1) is 22.7. The molecule has 31 heavy (non-hydrogen) atoms. The Morgan fingerprint density at radius 1 is 1.16 bits per heavy atom. The number of halogens is 3. The highest BCUT2D eigenvalue weighted by atomic mass is 19.4. The summed E-state index contributed by atoms with van der Waals surface area (Å²) in [7, 11) is 1.68. The van der Waals surface area contributed by atoms with Gasteiger partial charge < -0.3 is 15.3 Å². The van der Waals surface area contributed by atoms with E-state index in [-0.39, 0.29) is 12.1 Å². The van der Waals surface area contributed by atoms with E-state index < -0.39 is 18.0 Å². The molecule has 0 spiro atoms. The monoisotopic (exact) mass is 437 g/mol. The van der Waals surface area contributed by atoms with Crippen molar-refractivity contribution in [3.8, 4) is 0 Å². The third kappa shape index (κ3) is 4.55. The Hall–Kier alpha value is -2.95. The van der Waals surface area contributed by atoms with E-state index in [1.54, 1.807) is 18.9 Å². The molecule has 2 N–H and O–H groups in total. The predicted molar refractivity (Wildman–Crippen MR) is 112 cm³/mol. The first-order chi connectivity index (χ1) is 14.5. The lowest BCUT2D eigenvalue weighted by Crippen LogP contribution is -2.32. The fourth-order valence-corrected chi connectivity index (χ4v) is 3.34. The molecule has 0 aliphatic heterocycles. The predicted octanol–water partition coefficient (Wildman–Crippen LogP) is 4.16. The standard InChI is InChI=1S/C20H26F3N7O/c1-6-14(12(4)31)27-19-28-16-17(25-10-26-18(16)30(19)11(2)3)29(5)13-7-8-15(24-9-13)20(21,22)23/h7-12,14,31H,6H2,1-5H3,(H,27,28)/t12-,14+/m1/s1. The Morgan fingerprint density at radius 2 is 1.87 bits per heavy atom. The first-order valence-corrected chi connectivity index (χ1v) is 9.99. The maximum atomic E-state index is 12.8. The zero-order valence-corrected chi connectivity index (χ0v) is 18.0. The van der Waals surface area contributed by atoms with Crippen molar-refractivity contribution in [2.75, 3.05) is 17.3 Å². The molecule has 0 amide bonds. The summed E-state index contributed by atoms with van der Waals surface area (Å²) in [5.74, 6) is 0.970. The van der Waals surface area contributed by atoms with Crippen LogP contribution >= 0.6 is 0 Å². The summed E-state index contributed by atoms with van der Waals surface area (Å²) >= 11 is 0. The molecule has 3 heterocycles. The van der Waals surface area contributed by atoms with Crippen LogP contribution in [0, 0.1) is 0 Å². The minimum atomic E-state index is -4.50. The van der Waals surface area contributed by atoms with Crippen molar-refractivity contribution < 1.29 is 18.3 Å². The van der Waals surface area contributed by atoms with Crippen LogP contribution in [0.3, 0.4) is 0 Å². The van der Waals surface area contributed by atoms with Crippen molar-refractivity contribution in [3.05, 3.63) is 30.4 Å². The number of aromatic nitrogens is 5. The summed E-state index contributed by atoms with van der Waals surface area (Å²) in [6.07, 6.45) is -1.86. The lowest BCUT2D eigenvalue weighted by atomic mass is 10.1. The van der Waals surface area contributed by atoms with Crippen LogP contribution in [0.15, 0.2) is 24.7 Å². The number of alkyl halides is 3. The molecule has 0 radical (unpaired) electrons. The molecule has 3 aromatic heterocycles. The Balaban J connectivity index is 2.06. The van der Waals surface area contributed by atoms with Crippen molar-refractivity contribution in [2.45, 2.75) is 58.5 Å². The molecule has 0 saturated carbocycles. The number of aliphatic hydroxyl groups is 1. The topological polar surface area (TPSA) is 92.0 Å². The molecule has 0 aliphatic carbocycles. The van der Waals surface area contributed by atoms with E-state index in [9.17, 15) is 18.3 Å². The summed E-state index contributed by atoms with van der Waals surface area (Å²) in [6.45, 7) is 7.64. The van der Waals surface area contributed by atoms with Gasteiger partial charge in [-0.05, 0) is 39.3 Å². The fraction of sp³-hybridized carbons (Fsp3) is 0.500. The fourth-order valence-electron chi connectivity index (χ4n) is 3.34. The van der Waals surface area contributed by atoms with E-state index in [4.69, 9.17) is 0 Å². The summed E-state index contributed by atoms with van der Waals surface area (Å²) in [5, 5.41) is 13.3. The molecule has 0 bridgehead atoms. The molecule has 2 atom stereocenters. The van der Waals surface area contributed by atoms with Gasteiger partial charge in [-0.3, -0.25) is 4.57 Å². The second kappa shape index (κ2) is 8.66. The average Bonchev–Trinajstić information content (AvgIpc) is 3.09. The highest BCUT2D eigenvalue weighted by molar-refractivity contribution is 5.88. The lowest BCUT2D eigenvalue weighted by Gasteiger charge is -2.22. The van der Waals surface area contributed by atoms with Crippen LogP contribution in [0.1, 0.15) is 45.9 Å². The average molecular weight is 437 g/mol. The number of nitrogens with zero attached hydrogens (tertiary/aromatic N) is 6. The number of nitrogens with one attached hydrogen (secondary N) is 1. The van der Waals surface area contributed by atoms with Gasteiger partial charge >= 0.3 is 6.18 Å². The second-order valence-corrected chi connectivity index (χ2v) is 7.63. The van der Waals surface area contributed by atoms with Gasteiger partial charge in [0, 0.05) is 13.1 Å². The smallest absolute Gasteiger partial charge is 0.391 e. The van der Waals surface area contributed by atoms with E-state index in [1.165, 1.54) is 12.4 Å². The van der Waals surface area contributed by atoms with Crippen molar-refractivity contribution in [1.29, 1.82) is 0 Å². The summed E-state index contributed by atoms with van der Waals surface area (Å²) in [4.78, 5) is 18.5. The van der Waals surface area contributed by atoms with Gasteiger partial charge in [0.2, 0.25) is 5.95 Å². The van der Waals surface area contributed by atoms with Crippen molar-refractivity contribution in [1.82, 2.24) is 24.5 Å². The maximum absolute atomic E-state index is 12.8. The van der Waals surface area contributed by atoms with Crippen LogP contribution in [-0.4, -0.2) is 48.8 Å². The summed E-state index contributed by atoms with van der Waals surface area (Å²) in [6, 6.07) is 2.07. The number of hydrogen-bond donors (Lipinski definition) is 2. The highest BCUT2D eigenvalue weighted by Gasteiger charge is 2.32. The van der Waals surface area contributed by atoms with Crippen LogP contribution in [0.5, 0.6) is 0 Å². The zero-order valence-electron chi connectivity index (χ0n) is 18.0. The van der Waals surface area contributed by atoms with Gasteiger partial charge in [-0.25, -0.2) is 19.9 Å². The van der Waals surface area contributed by atoms with Crippen LogP contribution in [0.4, 0.5) is 30.6 Å². The quantitative estimate of drug-likeness (QED) is 0.573. The lowest BCUT2D eigenvalue weighted by molar-refractivity contribution is -0.141. The van der Waals surface area contributed by atoms with Crippen LogP contribution < -0.4 is 10.2 Å². The molecule has 0 aromatic carbocycles. The SMILES string of the molecule is CC[C@H](Nc1nc2c(N(C)c3ccc(C(F)(F)F)nc3)ncnc2n1C(C)C)[C@@H](C)O. The van der Waals surface area contributed by atoms with Crippen molar-refractivity contribution in [3.63, 3.8) is 0 Å². The van der Waals surface area contributed by atoms with E-state index >= 15 is 0 Å². The molecule has 0 unspecified atom stereocenters. The number of hydrogen-bond acceptors (Lipinski definition) is 7. The van der Waals surface area contributed by atoms with Gasteiger partial charge in [0.25, 0.3) is 0 Å². The van der Waals surface area contributed by atoms with Gasteiger partial charge in [-0.2, -0.15) is 13.2 Å². The molecule has 3 aromatic rings. The molecule has 0 saturated heterocycles. The number of rotatable bonds is 7. The molecule has 8 nitrogen and oxygen atoms in total. The second-order valence-electron chi connectivity index (χ2n) is 7.63. The number of anilines is 3. The van der Waals surface area contributed by atoms with Gasteiger partial charge in [0.15, 0.2) is 17.0 Å². The molecule has 11 heteroatoms. The molecule has 168 valence electrons. The van der Waals surface area contributed by atoms with Crippen molar-refractivity contribution in [2.24, 2.45) is 0 Å². The molecule has 0 fully saturated rings. The van der Waals surface area contributed by atoms with Gasteiger partial charge in [0.05, 0.1) is 24.0 Å². The summed E-state index contributed by atoms with van der Waals surface area (Å²) < 4.78 is 40.4. The number of imidazole rings is 1. The molecular weight excluding hydrogens is 411 g/mol. The summed E-state index contributed by atoms with van der Waals surface area (Å²) in [5.41, 5.74) is 0.532. The van der Waals surface area contributed by atoms with Gasteiger partial charge in [-0.1, -0.05) is 6.92 Å². The minimum absolute atomic E-state index is 0.0137. The molecular formula is C20H26F3N7O.